The average molecular weight is 1020 g/mol. The van der Waals surface area contributed by atoms with Gasteiger partial charge in [-0.15, -0.1) is 11.3 Å². The highest BCUT2D eigenvalue weighted by Gasteiger charge is 2.44. The lowest BCUT2D eigenvalue weighted by Crippen LogP contribution is -2.57. The molecule has 0 saturated carbocycles. The van der Waals surface area contributed by atoms with Crippen LogP contribution < -0.4 is 25.6 Å². The van der Waals surface area contributed by atoms with Crippen LogP contribution in [0.4, 0.5) is 15.8 Å². The summed E-state index contributed by atoms with van der Waals surface area (Å²) < 4.78 is 20.3. The van der Waals surface area contributed by atoms with Crippen molar-refractivity contribution in [3.05, 3.63) is 125 Å². The van der Waals surface area contributed by atoms with E-state index < -0.39 is 53.0 Å². The molecular formula is C54H56FN11O7S. The van der Waals surface area contributed by atoms with Gasteiger partial charge in [0.1, 0.15) is 29.3 Å². The molecule has 18 nitrogen and oxygen atoms in total. The molecule has 2 saturated heterocycles. The number of nitrogens with zero attached hydrogens (tertiary/aromatic N) is 8. The lowest BCUT2D eigenvalue weighted by Gasteiger charge is -2.37. The molecule has 4 N–H and O–H groups in total. The van der Waals surface area contributed by atoms with E-state index in [1.165, 1.54) is 42.6 Å². The second-order valence-corrected chi connectivity index (χ2v) is 20.0. The summed E-state index contributed by atoms with van der Waals surface area (Å²) in [6, 6.07) is 20.6. The van der Waals surface area contributed by atoms with Crippen molar-refractivity contribution in [3.63, 3.8) is 0 Å². The first-order valence-corrected chi connectivity index (χ1v) is 24.9. The standard InChI is InChI=1S/C54H56FN11O7S/c1-32-48(74-31-60-32)34-11-9-33(10-12-34)28-59-52(71)43-26-37(67)30-66(43)53(72)49(54(2,3)4)63-45(68)15-16-46(69)65-23-21-64(22-24-65)42-25-35(38-29-57-19-17-36(38)27-56)13-14-40(42)62-51(70)41-18-20-58-50(61-41)47-39(55)7-6-8-44(47)73-5/h6-14,17-20,25,29,31,37,43,49,67H,15-16,21-24,26,28,30H2,1-5H3,(H,59,71)(H,62,70)(H,63,68)/t37-,43+,49-/m1/s1. The third kappa shape index (κ3) is 11.9. The van der Waals surface area contributed by atoms with Crippen molar-refractivity contribution in [3.8, 4) is 44.8 Å². The minimum atomic E-state index is -1.06. The number of anilines is 2. The van der Waals surface area contributed by atoms with E-state index in [-0.39, 0.29) is 74.2 Å². The summed E-state index contributed by atoms with van der Waals surface area (Å²) in [5, 5.41) is 29.3. The second-order valence-electron chi connectivity index (χ2n) is 19.1. The number of carbonyl (C=O) groups is 5. The van der Waals surface area contributed by atoms with Gasteiger partial charge in [-0.3, -0.25) is 29.0 Å². The predicted octanol–water partition coefficient (Wildman–Crippen LogP) is 6.15. The summed E-state index contributed by atoms with van der Waals surface area (Å²) in [6.45, 7) is 8.69. The molecule has 74 heavy (non-hydrogen) atoms. The SMILES string of the molecule is COc1cccc(F)c1-c1nccc(C(=O)Nc2ccc(-c3cnccc3C#N)cc2N2CCN(C(=O)CCC(=O)N[C@H](C(=O)N3C[C@H](O)C[C@H]3C(=O)NCc3ccc(-c4scnc4C)cc3)C(C)(C)C)CC2)n1. The Kier molecular flexibility index (Phi) is 16.0. The number of thiazole rings is 1. The Morgan fingerprint density at radius 1 is 0.959 bits per heavy atom. The van der Waals surface area contributed by atoms with E-state index in [4.69, 9.17) is 4.74 Å². The van der Waals surface area contributed by atoms with Gasteiger partial charge in [0.05, 0.1) is 57.9 Å². The third-order valence-electron chi connectivity index (χ3n) is 13.1. The van der Waals surface area contributed by atoms with Gasteiger partial charge in [-0.05, 0) is 65.4 Å². The number of β-amino-alcohol motifs (C(OH)–C–C–N with tert-alkyl or cyclic N) is 1. The number of hydrogen-bond acceptors (Lipinski definition) is 14. The fourth-order valence-electron chi connectivity index (χ4n) is 9.06. The number of aromatic nitrogens is 4. The summed E-state index contributed by atoms with van der Waals surface area (Å²) in [5.74, 6) is -2.78. The van der Waals surface area contributed by atoms with Gasteiger partial charge in [0.25, 0.3) is 5.91 Å². The molecule has 2 fully saturated rings. The number of nitrogens with one attached hydrogen (secondary N) is 3. The fraction of sp³-hybridized carbons (Fsp3) is 0.333. The molecular weight excluding hydrogens is 966 g/mol. The predicted molar refractivity (Wildman–Crippen MR) is 276 cm³/mol. The highest BCUT2D eigenvalue weighted by Crippen LogP contribution is 2.35. The summed E-state index contributed by atoms with van der Waals surface area (Å²) in [7, 11) is 1.39. The average Bonchev–Trinajstić information content (AvgIpc) is 4.03. The van der Waals surface area contributed by atoms with Crippen LogP contribution >= 0.6 is 11.3 Å². The molecule has 2 aliphatic rings. The van der Waals surface area contributed by atoms with Gasteiger partial charge in [-0.1, -0.05) is 57.2 Å². The Morgan fingerprint density at radius 2 is 1.72 bits per heavy atom. The van der Waals surface area contributed by atoms with E-state index in [2.05, 4.69) is 42.0 Å². The van der Waals surface area contributed by atoms with Gasteiger partial charge in [0.15, 0.2) is 5.82 Å². The number of amides is 5. The molecule has 0 radical (unpaired) electrons. The third-order valence-corrected chi connectivity index (χ3v) is 14.0. The Labute approximate surface area is 431 Å². The first kappa shape index (κ1) is 52.2. The normalized spacial score (nSPS) is 16.0. The number of nitriles is 1. The zero-order chi connectivity index (χ0) is 52.7. The van der Waals surface area contributed by atoms with E-state index in [0.717, 1.165) is 21.7 Å². The fourth-order valence-corrected chi connectivity index (χ4v) is 9.87. The number of benzene rings is 3. The molecule has 3 aromatic heterocycles. The van der Waals surface area contributed by atoms with Crippen molar-refractivity contribution in [1.82, 2.24) is 40.4 Å². The van der Waals surface area contributed by atoms with Gasteiger partial charge in [0, 0.05) is 82.7 Å². The van der Waals surface area contributed by atoms with Crippen LogP contribution in [0.2, 0.25) is 0 Å². The molecule has 0 aliphatic carbocycles. The maximum atomic E-state index is 15.0. The minimum Gasteiger partial charge on any atom is -0.496 e. The van der Waals surface area contributed by atoms with Crippen LogP contribution in [-0.4, -0.2) is 122 Å². The lowest BCUT2D eigenvalue weighted by molar-refractivity contribution is -0.144. The number of hydrogen-bond donors (Lipinski definition) is 4. The molecule has 5 amide bonds. The van der Waals surface area contributed by atoms with Crippen LogP contribution in [0.15, 0.2) is 96.9 Å². The molecule has 6 aromatic rings. The molecule has 382 valence electrons. The minimum absolute atomic E-state index is 0.00406. The highest BCUT2D eigenvalue weighted by atomic mass is 32.1. The van der Waals surface area contributed by atoms with E-state index in [1.807, 2.05) is 42.2 Å². The number of rotatable bonds is 15. The number of ether oxygens (including phenoxy) is 1. The first-order chi connectivity index (χ1) is 35.5. The molecule has 0 spiro atoms. The number of pyridine rings is 1. The van der Waals surface area contributed by atoms with Crippen LogP contribution in [-0.2, 0) is 25.7 Å². The zero-order valence-corrected chi connectivity index (χ0v) is 42.4. The number of methoxy groups -OCH3 is 1. The zero-order valence-electron chi connectivity index (χ0n) is 41.6. The van der Waals surface area contributed by atoms with Gasteiger partial charge < -0.3 is 40.5 Å². The molecule has 20 heteroatoms. The maximum Gasteiger partial charge on any atom is 0.274 e. The Morgan fingerprint density at radius 3 is 2.42 bits per heavy atom. The van der Waals surface area contributed by atoms with Gasteiger partial charge in [-0.2, -0.15) is 5.26 Å². The van der Waals surface area contributed by atoms with Crippen molar-refractivity contribution in [2.24, 2.45) is 5.41 Å². The van der Waals surface area contributed by atoms with E-state index in [9.17, 15) is 38.7 Å². The van der Waals surface area contributed by atoms with Crippen molar-refractivity contribution in [1.29, 1.82) is 5.26 Å². The quantitative estimate of drug-likeness (QED) is 0.0905. The Balaban J connectivity index is 0.894. The molecule has 3 aromatic carbocycles. The van der Waals surface area contributed by atoms with Crippen molar-refractivity contribution < 1.29 is 38.2 Å². The summed E-state index contributed by atoms with van der Waals surface area (Å²) >= 11 is 1.55. The van der Waals surface area contributed by atoms with Gasteiger partial charge >= 0.3 is 0 Å². The monoisotopic (exact) mass is 1020 g/mol. The van der Waals surface area contributed by atoms with Crippen molar-refractivity contribution in [2.75, 3.05) is 50.1 Å². The van der Waals surface area contributed by atoms with E-state index >= 15 is 0 Å². The van der Waals surface area contributed by atoms with Gasteiger partial charge in [0.2, 0.25) is 23.6 Å². The largest absolute Gasteiger partial charge is 0.496 e. The molecule has 8 rings (SSSR count). The van der Waals surface area contributed by atoms with Crippen LogP contribution in [0.25, 0.3) is 33.0 Å². The number of piperazine rings is 1. The number of aryl methyl sites for hydroxylation is 1. The molecule has 3 atom stereocenters. The smallest absolute Gasteiger partial charge is 0.274 e. The topological polar surface area (TPSA) is 236 Å². The van der Waals surface area contributed by atoms with E-state index in [0.29, 0.717) is 41.2 Å². The van der Waals surface area contributed by atoms with Crippen LogP contribution in [0.3, 0.4) is 0 Å². The van der Waals surface area contributed by atoms with Crippen LogP contribution in [0.5, 0.6) is 5.75 Å². The van der Waals surface area contributed by atoms with Crippen molar-refractivity contribution in [2.45, 2.75) is 71.7 Å². The maximum absolute atomic E-state index is 15.0. The molecule has 0 unspecified atom stereocenters. The summed E-state index contributed by atoms with van der Waals surface area (Å²) in [4.78, 5) is 92.1. The van der Waals surface area contributed by atoms with Gasteiger partial charge in [-0.25, -0.2) is 19.3 Å². The number of aliphatic hydroxyl groups is 1. The van der Waals surface area contributed by atoms with E-state index in [1.54, 1.807) is 73.0 Å². The number of likely N-dealkylation sites (tertiary alicyclic amines) is 1. The molecule has 0 bridgehead atoms. The second kappa shape index (κ2) is 22.7. The van der Waals surface area contributed by atoms with Crippen LogP contribution in [0.1, 0.15) is 67.3 Å². The first-order valence-electron chi connectivity index (χ1n) is 24.1. The highest BCUT2D eigenvalue weighted by molar-refractivity contribution is 7.13. The number of halogens is 1. The lowest BCUT2D eigenvalue weighted by atomic mass is 9.85. The summed E-state index contributed by atoms with van der Waals surface area (Å²) in [5.41, 5.74) is 6.43. The molecule has 2 aliphatic heterocycles. The Bertz CT molecular complexity index is 3110. The molecule has 5 heterocycles. The van der Waals surface area contributed by atoms with Crippen molar-refractivity contribution >= 4 is 52.2 Å². The van der Waals surface area contributed by atoms with Crippen LogP contribution in [0, 0.1) is 29.5 Å². The summed E-state index contributed by atoms with van der Waals surface area (Å²) in [6.07, 6.45) is 3.24. The number of carbonyl (C=O) groups excluding carboxylic acids is 5. The Hall–Kier alpha value is -8.15. The number of aliphatic hydroxyl groups excluding tert-OH is 1.